The van der Waals surface area contributed by atoms with Crippen molar-refractivity contribution in [3.63, 3.8) is 0 Å². The summed E-state index contributed by atoms with van der Waals surface area (Å²) in [5, 5.41) is 23.9. The van der Waals surface area contributed by atoms with Crippen LogP contribution in [0.15, 0.2) is 12.2 Å². The minimum absolute atomic E-state index is 0.0979. The molecule has 0 aromatic rings. The molecule has 9 heteroatoms. The first-order valence-corrected chi connectivity index (χ1v) is 15.3. The first-order valence-electron chi connectivity index (χ1n) is 15.3. The van der Waals surface area contributed by atoms with Crippen molar-refractivity contribution in [1.29, 1.82) is 0 Å². The van der Waals surface area contributed by atoms with Gasteiger partial charge in [-0.05, 0) is 20.3 Å². The number of fused-ring (bicyclic) bond motifs is 8. The molecule has 1 spiro atoms. The van der Waals surface area contributed by atoms with Gasteiger partial charge in [0.15, 0.2) is 5.60 Å². The van der Waals surface area contributed by atoms with Gasteiger partial charge in [0.1, 0.15) is 36.1 Å². The Hall–Kier alpha value is -1.97. The molecule has 2 N–H and O–H groups in total. The highest BCUT2D eigenvalue weighted by molar-refractivity contribution is 5.81. The van der Waals surface area contributed by atoms with Gasteiger partial charge in [-0.15, -0.1) is 0 Å². The summed E-state index contributed by atoms with van der Waals surface area (Å²) >= 11 is 0. The number of unbranched alkanes of at least 4 members (excludes halogenated alkanes) is 8. The zero-order chi connectivity index (χ0) is 29.0. The molecule has 5 rings (SSSR count). The van der Waals surface area contributed by atoms with Crippen LogP contribution >= 0.6 is 0 Å². The van der Waals surface area contributed by atoms with Crippen molar-refractivity contribution in [1.82, 2.24) is 0 Å². The quantitative estimate of drug-likeness (QED) is 0.113. The summed E-state index contributed by atoms with van der Waals surface area (Å²) in [4.78, 5) is 38.8. The molecule has 0 amide bonds. The van der Waals surface area contributed by atoms with Crippen molar-refractivity contribution in [2.45, 2.75) is 140 Å². The molecule has 5 aliphatic rings. The highest BCUT2D eigenvalue weighted by Gasteiger charge is 2.93. The van der Waals surface area contributed by atoms with Crippen LogP contribution in [0.5, 0.6) is 0 Å². The van der Waals surface area contributed by atoms with E-state index in [4.69, 9.17) is 18.9 Å². The van der Waals surface area contributed by atoms with E-state index in [1.165, 1.54) is 38.5 Å². The van der Waals surface area contributed by atoms with E-state index >= 15 is 0 Å². The molecule has 11 atom stereocenters. The van der Waals surface area contributed by atoms with Crippen molar-refractivity contribution >= 4 is 17.9 Å². The van der Waals surface area contributed by atoms with Crippen LogP contribution in [0, 0.1) is 23.2 Å². The lowest BCUT2D eigenvalue weighted by atomic mass is 9.50. The first kappa shape index (κ1) is 29.5. The van der Waals surface area contributed by atoms with Gasteiger partial charge in [0, 0.05) is 18.8 Å². The van der Waals surface area contributed by atoms with Crippen molar-refractivity contribution in [2.75, 3.05) is 0 Å². The summed E-state index contributed by atoms with van der Waals surface area (Å²) in [7, 11) is 0. The molecule has 3 heterocycles. The topological polar surface area (TPSA) is 132 Å². The van der Waals surface area contributed by atoms with Gasteiger partial charge in [0.2, 0.25) is 0 Å². The molecule has 0 aromatic carbocycles. The molecular formula is C31H46O9. The Kier molecular flexibility index (Phi) is 7.90. The van der Waals surface area contributed by atoms with E-state index in [9.17, 15) is 24.6 Å². The number of rotatable bonds is 13. The summed E-state index contributed by atoms with van der Waals surface area (Å²) in [5.41, 5.74) is -3.99. The van der Waals surface area contributed by atoms with Gasteiger partial charge >= 0.3 is 17.9 Å². The number of carbonyl (C=O) groups excluding carboxylic acids is 3. The van der Waals surface area contributed by atoms with Gasteiger partial charge < -0.3 is 29.2 Å². The molecule has 9 nitrogen and oxygen atoms in total. The van der Waals surface area contributed by atoms with Crippen LogP contribution in [0.1, 0.15) is 98.3 Å². The number of hydrogen-bond donors (Lipinski definition) is 2. The zero-order valence-electron chi connectivity index (χ0n) is 24.4. The number of esters is 3. The minimum Gasteiger partial charge on any atom is -0.462 e. The van der Waals surface area contributed by atoms with E-state index in [-0.39, 0.29) is 12.4 Å². The molecule has 2 aliphatic carbocycles. The number of ether oxygens (including phenoxy) is 4. The second-order valence-corrected chi connectivity index (χ2v) is 13.1. The van der Waals surface area contributed by atoms with E-state index in [0.29, 0.717) is 12.0 Å². The van der Waals surface area contributed by atoms with E-state index in [1.807, 2.05) is 0 Å². The molecule has 0 unspecified atom stereocenters. The molecule has 0 aromatic heterocycles. The highest BCUT2D eigenvalue weighted by atomic mass is 16.7. The van der Waals surface area contributed by atoms with E-state index < -0.39 is 76.8 Å². The maximum Gasteiger partial charge on any atom is 0.313 e. The first-order chi connectivity index (χ1) is 19.0. The molecule has 3 saturated heterocycles. The summed E-state index contributed by atoms with van der Waals surface area (Å²) in [6.45, 7) is 11.3. The maximum atomic E-state index is 13.2. The fourth-order valence-electron chi connectivity index (χ4n) is 8.43. The Balaban J connectivity index is 1.21. The SMILES string of the molecule is C=C(C)[C@@H]1[C@H]2OC(=O)[C@@H]1[C@]1(O)[C@H]3O[C@H]3[C@]3(C[C@H]([C@H](C)OC(=O)CCCCCCCCCCC)C(=O)O3)[C@]1(C)[C@@H]2O. The number of epoxide rings is 1. The molecule has 224 valence electrons. The van der Waals surface area contributed by atoms with Crippen LogP contribution < -0.4 is 0 Å². The van der Waals surface area contributed by atoms with E-state index in [1.54, 1.807) is 20.8 Å². The van der Waals surface area contributed by atoms with Crippen LogP contribution in [0.25, 0.3) is 0 Å². The summed E-state index contributed by atoms with van der Waals surface area (Å²) in [6.07, 6.45) is 6.28. The molecule has 5 fully saturated rings. The van der Waals surface area contributed by atoms with Crippen molar-refractivity contribution in [2.24, 2.45) is 23.2 Å². The number of aliphatic hydroxyl groups is 2. The Bertz CT molecular complexity index is 1040. The van der Waals surface area contributed by atoms with Crippen LogP contribution in [0.3, 0.4) is 0 Å². The Labute approximate surface area is 236 Å². The summed E-state index contributed by atoms with van der Waals surface area (Å²) < 4.78 is 23.2. The highest BCUT2D eigenvalue weighted by Crippen LogP contribution is 2.75. The van der Waals surface area contributed by atoms with E-state index in [2.05, 4.69) is 13.5 Å². The van der Waals surface area contributed by atoms with Crippen LogP contribution in [-0.4, -0.2) is 69.8 Å². The van der Waals surface area contributed by atoms with Crippen molar-refractivity contribution in [3.05, 3.63) is 12.2 Å². The normalized spacial score (nSPS) is 43.2. The number of carbonyl (C=O) groups is 3. The number of aliphatic hydroxyl groups excluding tert-OH is 1. The molecule has 3 aliphatic heterocycles. The Morgan fingerprint density at radius 2 is 1.70 bits per heavy atom. The third-order valence-electron chi connectivity index (χ3n) is 10.7. The Morgan fingerprint density at radius 3 is 2.33 bits per heavy atom. The fourth-order valence-corrected chi connectivity index (χ4v) is 8.43. The maximum absolute atomic E-state index is 13.2. The molecular weight excluding hydrogens is 516 g/mol. The lowest BCUT2D eigenvalue weighted by Crippen LogP contribution is -2.72. The second-order valence-electron chi connectivity index (χ2n) is 13.1. The average Bonchev–Trinajstić information content (AvgIpc) is 3.50. The van der Waals surface area contributed by atoms with Gasteiger partial charge in [-0.1, -0.05) is 77.4 Å². The van der Waals surface area contributed by atoms with Crippen LogP contribution in [-0.2, 0) is 33.3 Å². The molecule has 40 heavy (non-hydrogen) atoms. The van der Waals surface area contributed by atoms with Gasteiger partial charge in [0.25, 0.3) is 0 Å². The molecule has 2 bridgehead atoms. The predicted molar refractivity (Wildman–Crippen MR) is 144 cm³/mol. The smallest absolute Gasteiger partial charge is 0.313 e. The van der Waals surface area contributed by atoms with Gasteiger partial charge in [-0.2, -0.15) is 0 Å². The van der Waals surface area contributed by atoms with E-state index in [0.717, 1.165) is 19.3 Å². The fraction of sp³-hybridized carbons (Fsp3) is 0.839. The van der Waals surface area contributed by atoms with Gasteiger partial charge in [-0.3, -0.25) is 14.4 Å². The lowest BCUT2D eigenvalue weighted by Gasteiger charge is -2.57. The predicted octanol–water partition coefficient (Wildman–Crippen LogP) is 3.77. The largest absolute Gasteiger partial charge is 0.462 e. The monoisotopic (exact) mass is 562 g/mol. The van der Waals surface area contributed by atoms with Crippen molar-refractivity contribution in [3.8, 4) is 0 Å². The van der Waals surface area contributed by atoms with Gasteiger partial charge in [-0.25, -0.2) is 0 Å². The average molecular weight is 563 g/mol. The molecule has 0 radical (unpaired) electrons. The summed E-state index contributed by atoms with van der Waals surface area (Å²) in [6, 6.07) is 0. The number of hydrogen-bond acceptors (Lipinski definition) is 9. The zero-order valence-corrected chi connectivity index (χ0v) is 24.4. The lowest BCUT2D eigenvalue weighted by molar-refractivity contribution is -0.272. The second kappa shape index (κ2) is 10.7. The minimum atomic E-state index is -1.81. The third-order valence-corrected chi connectivity index (χ3v) is 10.7. The van der Waals surface area contributed by atoms with Crippen molar-refractivity contribution < 1.29 is 43.5 Å². The summed E-state index contributed by atoms with van der Waals surface area (Å²) in [5.74, 6) is -3.85. The molecule has 2 saturated carbocycles. The van der Waals surface area contributed by atoms with Crippen LogP contribution in [0.4, 0.5) is 0 Å². The van der Waals surface area contributed by atoms with Gasteiger partial charge in [0.05, 0.1) is 17.3 Å². The Morgan fingerprint density at radius 1 is 1.07 bits per heavy atom. The van der Waals surface area contributed by atoms with Crippen LogP contribution in [0.2, 0.25) is 0 Å². The standard InChI is InChI=1S/C31H46O9/c1-6-7-8-9-10-11-12-13-14-15-20(32)37-18(4)19-16-30(40-27(19)34)25-26(39-25)31(36)22-21(17(2)3)23(38-28(22)35)24(33)29(30,31)5/h18-19,21-26,33,36H,2,6-16H2,1,3-5H3/t18-,19+,21-,22+,23+,24+,25+,26-,29-,30+,31-/m0/s1. The third kappa shape index (κ3) is 4.17.